The molecule has 0 saturated carbocycles. The first-order valence-electron chi connectivity index (χ1n) is 6.43. The van der Waals surface area contributed by atoms with Crippen LogP contribution in [0.3, 0.4) is 0 Å². The third-order valence-electron chi connectivity index (χ3n) is 3.90. The quantitative estimate of drug-likeness (QED) is 0.787. The largest absolute Gasteiger partial charge is 0.453 e. The molecule has 2 aromatic rings. The molecule has 102 valence electrons. The van der Waals surface area contributed by atoms with E-state index in [1.807, 2.05) is 32.0 Å². The molecule has 0 aliphatic carbocycles. The standard InChI is InChI=1S/C16H15NO3/c1-16(2)12-6-4-10(8-13(12)17(3)15(16)19)14-7-5-11(9-18)20-14/h4-9H,1-3H3. The highest BCUT2D eigenvalue weighted by atomic mass is 16.3. The molecule has 0 spiro atoms. The average Bonchev–Trinajstić information content (AvgIpc) is 2.99. The number of likely N-dealkylation sites (N-methyl/N-ethyl adjacent to an activating group) is 1. The maximum Gasteiger partial charge on any atom is 0.236 e. The van der Waals surface area contributed by atoms with Crippen molar-refractivity contribution in [3.05, 3.63) is 41.7 Å². The summed E-state index contributed by atoms with van der Waals surface area (Å²) in [6.07, 6.45) is 0.676. The number of nitrogens with zero attached hydrogens (tertiary/aromatic N) is 1. The van der Waals surface area contributed by atoms with E-state index in [4.69, 9.17) is 4.42 Å². The fraction of sp³-hybridized carbons (Fsp3) is 0.250. The van der Waals surface area contributed by atoms with Crippen LogP contribution in [-0.2, 0) is 10.2 Å². The summed E-state index contributed by atoms with van der Waals surface area (Å²) in [5.41, 5.74) is 2.26. The lowest BCUT2D eigenvalue weighted by atomic mass is 9.86. The van der Waals surface area contributed by atoms with Gasteiger partial charge in [0.1, 0.15) is 5.76 Å². The van der Waals surface area contributed by atoms with E-state index in [0.717, 1.165) is 16.8 Å². The topological polar surface area (TPSA) is 50.5 Å². The van der Waals surface area contributed by atoms with Gasteiger partial charge < -0.3 is 9.32 Å². The molecule has 1 aromatic carbocycles. The molecule has 20 heavy (non-hydrogen) atoms. The van der Waals surface area contributed by atoms with Gasteiger partial charge in [-0.25, -0.2) is 0 Å². The van der Waals surface area contributed by atoms with E-state index >= 15 is 0 Å². The number of carbonyl (C=O) groups excluding carboxylic acids is 2. The number of amides is 1. The number of rotatable bonds is 2. The van der Waals surface area contributed by atoms with Gasteiger partial charge in [-0.3, -0.25) is 9.59 Å². The maximum absolute atomic E-state index is 12.2. The van der Waals surface area contributed by atoms with E-state index in [1.165, 1.54) is 0 Å². The number of aldehydes is 1. The Kier molecular flexibility index (Phi) is 2.57. The Labute approximate surface area is 117 Å². The fourth-order valence-electron chi connectivity index (χ4n) is 2.71. The molecule has 0 saturated heterocycles. The lowest BCUT2D eigenvalue weighted by Crippen LogP contribution is -2.33. The Balaban J connectivity index is 2.11. The Bertz CT molecular complexity index is 712. The number of hydrogen-bond acceptors (Lipinski definition) is 3. The number of furan rings is 1. The third-order valence-corrected chi connectivity index (χ3v) is 3.90. The zero-order valence-corrected chi connectivity index (χ0v) is 11.6. The molecule has 0 atom stereocenters. The molecule has 3 rings (SSSR count). The van der Waals surface area contributed by atoms with Crippen molar-refractivity contribution in [2.24, 2.45) is 0 Å². The van der Waals surface area contributed by atoms with Crippen LogP contribution in [0.2, 0.25) is 0 Å². The van der Waals surface area contributed by atoms with E-state index < -0.39 is 5.41 Å². The first-order chi connectivity index (χ1) is 9.45. The van der Waals surface area contributed by atoms with Crippen molar-refractivity contribution in [2.45, 2.75) is 19.3 Å². The summed E-state index contributed by atoms with van der Waals surface area (Å²) in [5, 5.41) is 0. The highest BCUT2D eigenvalue weighted by Gasteiger charge is 2.42. The summed E-state index contributed by atoms with van der Waals surface area (Å²) in [7, 11) is 1.78. The van der Waals surface area contributed by atoms with Gasteiger partial charge in [0.25, 0.3) is 0 Å². The molecule has 0 unspecified atom stereocenters. The van der Waals surface area contributed by atoms with Gasteiger partial charge in [-0.05, 0) is 37.6 Å². The number of benzene rings is 1. The van der Waals surface area contributed by atoms with Crippen molar-refractivity contribution < 1.29 is 14.0 Å². The van der Waals surface area contributed by atoms with Crippen LogP contribution < -0.4 is 4.90 Å². The van der Waals surface area contributed by atoms with Crippen LogP contribution in [0, 0.1) is 0 Å². The SMILES string of the molecule is CN1C(=O)C(C)(C)c2ccc(-c3ccc(C=O)o3)cc21. The molecule has 2 heterocycles. The molecule has 4 heteroatoms. The molecule has 1 amide bonds. The Morgan fingerprint density at radius 3 is 2.60 bits per heavy atom. The van der Waals surface area contributed by atoms with Crippen molar-refractivity contribution >= 4 is 17.9 Å². The minimum absolute atomic E-state index is 0.0812. The summed E-state index contributed by atoms with van der Waals surface area (Å²) in [5.74, 6) is 1.00. The summed E-state index contributed by atoms with van der Waals surface area (Å²) in [4.78, 5) is 24.6. The van der Waals surface area contributed by atoms with Gasteiger partial charge in [-0.1, -0.05) is 12.1 Å². The van der Waals surface area contributed by atoms with E-state index in [9.17, 15) is 9.59 Å². The monoisotopic (exact) mass is 269 g/mol. The van der Waals surface area contributed by atoms with Crippen molar-refractivity contribution in [1.29, 1.82) is 0 Å². The van der Waals surface area contributed by atoms with Gasteiger partial charge in [-0.15, -0.1) is 0 Å². The average molecular weight is 269 g/mol. The second-order valence-corrected chi connectivity index (χ2v) is 5.54. The molecule has 0 N–H and O–H groups in total. The number of hydrogen-bond donors (Lipinski definition) is 0. The van der Waals surface area contributed by atoms with Crippen LogP contribution in [-0.4, -0.2) is 19.2 Å². The Morgan fingerprint density at radius 1 is 1.20 bits per heavy atom. The second-order valence-electron chi connectivity index (χ2n) is 5.54. The first-order valence-corrected chi connectivity index (χ1v) is 6.43. The molecule has 1 aliphatic rings. The third kappa shape index (κ3) is 1.61. The van der Waals surface area contributed by atoms with Gasteiger partial charge in [0.2, 0.25) is 5.91 Å². The van der Waals surface area contributed by atoms with E-state index in [2.05, 4.69) is 0 Å². The van der Waals surface area contributed by atoms with Crippen molar-refractivity contribution in [3.63, 3.8) is 0 Å². The second kappa shape index (κ2) is 4.07. The highest BCUT2D eigenvalue weighted by Crippen LogP contribution is 2.42. The highest BCUT2D eigenvalue weighted by molar-refractivity contribution is 6.07. The van der Waals surface area contributed by atoms with Crippen molar-refractivity contribution in [3.8, 4) is 11.3 Å². The molecule has 1 aromatic heterocycles. The van der Waals surface area contributed by atoms with Gasteiger partial charge in [0.15, 0.2) is 12.0 Å². The summed E-state index contributed by atoms with van der Waals surface area (Å²) in [6.45, 7) is 3.85. The maximum atomic E-state index is 12.2. The number of carbonyl (C=O) groups is 2. The smallest absolute Gasteiger partial charge is 0.236 e. The summed E-state index contributed by atoms with van der Waals surface area (Å²) in [6, 6.07) is 9.19. The predicted molar refractivity (Wildman–Crippen MR) is 76.0 cm³/mol. The molecule has 0 fully saturated rings. The number of fused-ring (bicyclic) bond motifs is 1. The van der Waals surface area contributed by atoms with E-state index in [-0.39, 0.29) is 5.91 Å². The van der Waals surface area contributed by atoms with E-state index in [0.29, 0.717) is 17.8 Å². The lowest BCUT2D eigenvalue weighted by molar-refractivity contribution is -0.121. The van der Waals surface area contributed by atoms with Crippen molar-refractivity contribution in [1.82, 2.24) is 0 Å². The van der Waals surface area contributed by atoms with Gasteiger partial charge in [0.05, 0.1) is 5.41 Å². The van der Waals surface area contributed by atoms with Crippen LogP contribution in [0.5, 0.6) is 0 Å². The van der Waals surface area contributed by atoms with Crippen LogP contribution >= 0.6 is 0 Å². The zero-order valence-electron chi connectivity index (χ0n) is 11.6. The van der Waals surface area contributed by atoms with Gasteiger partial charge in [0, 0.05) is 18.3 Å². The summed E-state index contributed by atoms with van der Waals surface area (Å²) < 4.78 is 5.42. The Hall–Kier alpha value is -2.36. The molecule has 0 radical (unpaired) electrons. The first kappa shape index (κ1) is 12.7. The minimum Gasteiger partial charge on any atom is -0.453 e. The van der Waals surface area contributed by atoms with Crippen LogP contribution in [0.25, 0.3) is 11.3 Å². The molecular formula is C16H15NO3. The van der Waals surface area contributed by atoms with Crippen LogP contribution in [0.15, 0.2) is 34.7 Å². The van der Waals surface area contributed by atoms with Gasteiger partial charge in [-0.2, -0.15) is 0 Å². The lowest BCUT2D eigenvalue weighted by Gasteiger charge is -2.16. The normalized spacial score (nSPS) is 16.4. The zero-order chi connectivity index (χ0) is 14.5. The van der Waals surface area contributed by atoms with Crippen LogP contribution in [0.4, 0.5) is 5.69 Å². The number of anilines is 1. The molecular weight excluding hydrogens is 254 g/mol. The summed E-state index contributed by atoms with van der Waals surface area (Å²) >= 11 is 0. The molecule has 1 aliphatic heterocycles. The van der Waals surface area contributed by atoms with Crippen LogP contribution in [0.1, 0.15) is 30.0 Å². The molecule has 4 nitrogen and oxygen atoms in total. The van der Waals surface area contributed by atoms with Gasteiger partial charge >= 0.3 is 0 Å². The van der Waals surface area contributed by atoms with E-state index in [1.54, 1.807) is 24.1 Å². The molecule has 0 bridgehead atoms. The fourth-order valence-corrected chi connectivity index (χ4v) is 2.71. The predicted octanol–water partition coefficient (Wildman–Crippen LogP) is 3.01. The Morgan fingerprint density at radius 2 is 1.95 bits per heavy atom. The van der Waals surface area contributed by atoms with Crippen molar-refractivity contribution in [2.75, 3.05) is 11.9 Å². The minimum atomic E-state index is -0.500.